The molecule has 1 aromatic heterocycles. The summed E-state index contributed by atoms with van der Waals surface area (Å²) in [6.45, 7) is 11.0. The third kappa shape index (κ3) is 2.98. The van der Waals surface area contributed by atoms with Crippen LogP contribution < -0.4 is 5.32 Å². The van der Waals surface area contributed by atoms with E-state index in [9.17, 15) is 0 Å². The number of para-hydroxylation sites is 2. The van der Waals surface area contributed by atoms with Gasteiger partial charge in [-0.05, 0) is 23.5 Å². The molecule has 0 saturated heterocycles. The lowest BCUT2D eigenvalue weighted by Crippen LogP contribution is -2.33. The molecule has 0 atom stereocenters. The lowest BCUT2D eigenvalue weighted by molar-refractivity contribution is 0.237. The monoisotopic (exact) mass is 259 g/mol. The number of imidazole rings is 1. The molecule has 104 valence electrons. The minimum atomic E-state index is 0.310. The highest BCUT2D eigenvalue weighted by atomic mass is 15.1. The average molecular weight is 259 g/mol. The Bertz CT molecular complexity index is 552. The van der Waals surface area contributed by atoms with Gasteiger partial charge in [0.05, 0.1) is 17.6 Å². The van der Waals surface area contributed by atoms with Gasteiger partial charge in [-0.3, -0.25) is 0 Å². The molecule has 2 rings (SSSR count). The Kier molecular flexibility index (Phi) is 3.95. The van der Waals surface area contributed by atoms with E-state index in [1.54, 1.807) is 0 Å². The summed E-state index contributed by atoms with van der Waals surface area (Å²) in [5, 5.41) is 3.54. The largest absolute Gasteiger partial charge is 0.330 e. The maximum Gasteiger partial charge on any atom is 0.123 e. The molecule has 1 heterocycles. The van der Waals surface area contributed by atoms with Gasteiger partial charge in [0, 0.05) is 13.6 Å². The van der Waals surface area contributed by atoms with E-state index in [0.717, 1.165) is 24.4 Å². The van der Waals surface area contributed by atoms with Crippen molar-refractivity contribution >= 4 is 11.0 Å². The van der Waals surface area contributed by atoms with Gasteiger partial charge in [0.15, 0.2) is 0 Å². The maximum atomic E-state index is 4.68. The van der Waals surface area contributed by atoms with Crippen molar-refractivity contribution in [3.8, 4) is 0 Å². The minimum Gasteiger partial charge on any atom is -0.330 e. The van der Waals surface area contributed by atoms with E-state index in [2.05, 4.69) is 67.8 Å². The molecule has 0 spiro atoms. The van der Waals surface area contributed by atoms with Crippen molar-refractivity contribution in [3.63, 3.8) is 0 Å². The van der Waals surface area contributed by atoms with Crippen LogP contribution in [0, 0.1) is 11.3 Å². The Balaban J connectivity index is 2.04. The van der Waals surface area contributed by atoms with Crippen LogP contribution in [0.25, 0.3) is 11.0 Å². The first-order chi connectivity index (χ1) is 8.92. The summed E-state index contributed by atoms with van der Waals surface area (Å²) in [4.78, 5) is 4.68. The van der Waals surface area contributed by atoms with Crippen LogP contribution in [0.15, 0.2) is 24.3 Å². The molecular weight excluding hydrogens is 234 g/mol. The van der Waals surface area contributed by atoms with E-state index < -0.39 is 0 Å². The summed E-state index contributed by atoms with van der Waals surface area (Å²) in [6.07, 6.45) is 0. The highest BCUT2D eigenvalue weighted by Gasteiger charge is 2.21. The summed E-state index contributed by atoms with van der Waals surface area (Å²) < 4.78 is 2.17. The highest BCUT2D eigenvalue weighted by Crippen LogP contribution is 2.24. The molecule has 3 nitrogen and oxygen atoms in total. The Morgan fingerprint density at radius 2 is 1.95 bits per heavy atom. The van der Waals surface area contributed by atoms with Crippen LogP contribution in [0.1, 0.15) is 33.5 Å². The predicted octanol–water partition coefficient (Wildman–Crippen LogP) is 3.35. The summed E-state index contributed by atoms with van der Waals surface area (Å²) in [5.74, 6) is 1.76. The zero-order chi connectivity index (χ0) is 14.0. The number of aromatic nitrogens is 2. The minimum absolute atomic E-state index is 0.310. The molecule has 0 amide bonds. The normalized spacial score (nSPS) is 12.5. The second kappa shape index (κ2) is 5.33. The van der Waals surface area contributed by atoms with Gasteiger partial charge in [0.25, 0.3) is 0 Å². The molecule has 19 heavy (non-hydrogen) atoms. The Morgan fingerprint density at radius 1 is 1.26 bits per heavy atom. The first-order valence-corrected chi connectivity index (χ1v) is 7.03. The second-order valence-electron chi connectivity index (χ2n) is 6.32. The van der Waals surface area contributed by atoms with E-state index >= 15 is 0 Å². The molecule has 1 aromatic carbocycles. The van der Waals surface area contributed by atoms with E-state index in [0.29, 0.717) is 11.3 Å². The third-order valence-electron chi connectivity index (χ3n) is 4.31. The standard InChI is InChI=1S/C16H25N3/c1-12(2)16(3,4)11-17-10-15-18-13-8-6-7-9-14(13)19(15)5/h6-9,12,17H,10-11H2,1-5H3. The lowest BCUT2D eigenvalue weighted by Gasteiger charge is -2.29. The number of hydrogen-bond donors (Lipinski definition) is 1. The van der Waals surface area contributed by atoms with Crippen LogP contribution >= 0.6 is 0 Å². The SMILES string of the molecule is CC(C)C(C)(C)CNCc1nc2ccccc2n1C. The third-order valence-corrected chi connectivity index (χ3v) is 4.31. The highest BCUT2D eigenvalue weighted by molar-refractivity contribution is 5.75. The Morgan fingerprint density at radius 3 is 2.58 bits per heavy atom. The predicted molar refractivity (Wildman–Crippen MR) is 81.0 cm³/mol. The fourth-order valence-corrected chi connectivity index (χ4v) is 2.05. The zero-order valence-electron chi connectivity index (χ0n) is 12.7. The van der Waals surface area contributed by atoms with Crippen LogP contribution in [-0.4, -0.2) is 16.1 Å². The molecule has 0 aliphatic rings. The van der Waals surface area contributed by atoms with Crippen LogP contribution in [0.2, 0.25) is 0 Å². The van der Waals surface area contributed by atoms with Crippen LogP contribution in [0.5, 0.6) is 0 Å². The van der Waals surface area contributed by atoms with Gasteiger partial charge < -0.3 is 9.88 Å². The molecule has 0 aliphatic heterocycles. The number of rotatable bonds is 5. The van der Waals surface area contributed by atoms with Gasteiger partial charge in [0.2, 0.25) is 0 Å². The summed E-state index contributed by atoms with van der Waals surface area (Å²) >= 11 is 0. The van der Waals surface area contributed by atoms with E-state index in [-0.39, 0.29) is 0 Å². The van der Waals surface area contributed by atoms with Crippen molar-refractivity contribution in [2.75, 3.05) is 6.54 Å². The van der Waals surface area contributed by atoms with Crippen molar-refractivity contribution in [2.24, 2.45) is 18.4 Å². The fourth-order valence-electron chi connectivity index (χ4n) is 2.05. The van der Waals surface area contributed by atoms with Gasteiger partial charge in [-0.15, -0.1) is 0 Å². The number of fused-ring (bicyclic) bond motifs is 1. The molecule has 3 heteroatoms. The summed E-state index contributed by atoms with van der Waals surface area (Å²) in [7, 11) is 2.08. The molecule has 0 fully saturated rings. The molecular formula is C16H25N3. The van der Waals surface area contributed by atoms with Crippen molar-refractivity contribution in [2.45, 2.75) is 34.2 Å². The number of nitrogens with zero attached hydrogens (tertiary/aromatic N) is 2. The van der Waals surface area contributed by atoms with Crippen molar-refractivity contribution in [3.05, 3.63) is 30.1 Å². The molecule has 0 radical (unpaired) electrons. The van der Waals surface area contributed by atoms with Crippen LogP contribution in [-0.2, 0) is 13.6 Å². The maximum absolute atomic E-state index is 4.68. The van der Waals surface area contributed by atoms with Crippen LogP contribution in [0.4, 0.5) is 0 Å². The molecule has 0 saturated carbocycles. The topological polar surface area (TPSA) is 29.9 Å². The lowest BCUT2D eigenvalue weighted by atomic mass is 9.81. The Labute approximate surface area is 116 Å². The van der Waals surface area contributed by atoms with Crippen molar-refractivity contribution < 1.29 is 0 Å². The van der Waals surface area contributed by atoms with Gasteiger partial charge in [-0.2, -0.15) is 0 Å². The van der Waals surface area contributed by atoms with Crippen molar-refractivity contribution in [1.29, 1.82) is 0 Å². The number of hydrogen-bond acceptors (Lipinski definition) is 2. The van der Waals surface area contributed by atoms with Gasteiger partial charge >= 0.3 is 0 Å². The number of aryl methyl sites for hydroxylation is 1. The molecule has 0 unspecified atom stereocenters. The van der Waals surface area contributed by atoms with Gasteiger partial charge in [-0.1, -0.05) is 39.8 Å². The van der Waals surface area contributed by atoms with Crippen LogP contribution in [0.3, 0.4) is 0 Å². The van der Waals surface area contributed by atoms with Gasteiger partial charge in [-0.25, -0.2) is 4.98 Å². The second-order valence-corrected chi connectivity index (χ2v) is 6.32. The Hall–Kier alpha value is -1.35. The molecule has 2 aromatic rings. The number of benzene rings is 1. The summed E-state index contributed by atoms with van der Waals surface area (Å²) in [6, 6.07) is 8.28. The molecule has 1 N–H and O–H groups in total. The smallest absolute Gasteiger partial charge is 0.123 e. The molecule has 0 aliphatic carbocycles. The van der Waals surface area contributed by atoms with E-state index in [4.69, 9.17) is 0 Å². The molecule has 0 bridgehead atoms. The van der Waals surface area contributed by atoms with Gasteiger partial charge in [0.1, 0.15) is 5.82 Å². The zero-order valence-corrected chi connectivity index (χ0v) is 12.7. The average Bonchev–Trinajstić information content (AvgIpc) is 2.67. The van der Waals surface area contributed by atoms with Crippen molar-refractivity contribution in [1.82, 2.24) is 14.9 Å². The van der Waals surface area contributed by atoms with E-state index in [1.165, 1.54) is 5.52 Å². The quantitative estimate of drug-likeness (QED) is 0.892. The summed E-state index contributed by atoms with van der Waals surface area (Å²) in [5.41, 5.74) is 2.58. The fraction of sp³-hybridized carbons (Fsp3) is 0.562. The first kappa shape index (κ1) is 14.1. The first-order valence-electron chi connectivity index (χ1n) is 7.03. The number of nitrogens with one attached hydrogen (secondary N) is 1. The van der Waals surface area contributed by atoms with E-state index in [1.807, 2.05) is 6.07 Å².